The molecule has 5 rings (SSSR count). The summed E-state index contributed by atoms with van der Waals surface area (Å²) in [7, 11) is 3.50. The van der Waals surface area contributed by atoms with Gasteiger partial charge in [-0.25, -0.2) is 9.97 Å². The number of rotatable bonds is 7. The molecule has 0 fully saturated rings. The predicted molar refractivity (Wildman–Crippen MR) is 154 cm³/mol. The van der Waals surface area contributed by atoms with Gasteiger partial charge in [0.25, 0.3) is 5.91 Å². The van der Waals surface area contributed by atoms with Crippen LogP contribution in [0.3, 0.4) is 0 Å². The highest BCUT2D eigenvalue weighted by Crippen LogP contribution is 2.32. The van der Waals surface area contributed by atoms with Crippen LogP contribution in [0.15, 0.2) is 48.8 Å². The van der Waals surface area contributed by atoms with Crippen molar-refractivity contribution >= 4 is 23.0 Å². The number of nitrogens with zero attached hydrogens (tertiary/aromatic N) is 4. The average molecular weight is 525 g/mol. The van der Waals surface area contributed by atoms with E-state index in [1.54, 1.807) is 19.0 Å². The van der Waals surface area contributed by atoms with Gasteiger partial charge in [-0.2, -0.15) is 0 Å². The summed E-state index contributed by atoms with van der Waals surface area (Å²) < 4.78 is 0. The molecule has 39 heavy (non-hydrogen) atoms. The molecular formula is C31H36N6O2. The molecule has 0 aliphatic carbocycles. The Morgan fingerprint density at radius 3 is 2.62 bits per heavy atom. The van der Waals surface area contributed by atoms with Crippen LogP contribution in [0.5, 0.6) is 0 Å². The molecule has 0 saturated carbocycles. The molecule has 8 nitrogen and oxygen atoms in total. The Kier molecular flexibility index (Phi) is 7.48. The minimum atomic E-state index is -0.0253. The Balaban J connectivity index is 1.40. The third kappa shape index (κ3) is 5.71. The molecule has 0 radical (unpaired) electrons. The number of nitrogens with one attached hydrogen (secondary N) is 2. The number of H-pyrrole nitrogens is 1. The fraction of sp³-hybridized carbons (Fsp3) is 0.355. The number of carbonyl (C=O) groups is 2. The van der Waals surface area contributed by atoms with Gasteiger partial charge in [-0.3, -0.25) is 14.5 Å². The first-order valence-electron chi connectivity index (χ1n) is 13.5. The molecule has 0 atom stereocenters. The van der Waals surface area contributed by atoms with Gasteiger partial charge in [-0.15, -0.1) is 0 Å². The lowest BCUT2D eigenvalue weighted by atomic mass is 9.92. The third-order valence-corrected chi connectivity index (χ3v) is 7.27. The van der Waals surface area contributed by atoms with E-state index in [1.807, 2.05) is 50.5 Å². The van der Waals surface area contributed by atoms with Crippen molar-refractivity contribution in [3.05, 3.63) is 71.0 Å². The summed E-state index contributed by atoms with van der Waals surface area (Å²) >= 11 is 0. The molecule has 8 heteroatoms. The van der Waals surface area contributed by atoms with Gasteiger partial charge in [0.05, 0.1) is 11.9 Å². The summed E-state index contributed by atoms with van der Waals surface area (Å²) in [5.41, 5.74) is 9.90. The van der Waals surface area contributed by atoms with Crippen LogP contribution in [-0.2, 0) is 17.8 Å². The molecule has 4 aromatic rings. The van der Waals surface area contributed by atoms with Crippen LogP contribution in [0.1, 0.15) is 47.3 Å². The van der Waals surface area contributed by atoms with Gasteiger partial charge in [0.2, 0.25) is 5.91 Å². The van der Waals surface area contributed by atoms with Gasteiger partial charge in [0.15, 0.2) is 5.65 Å². The molecule has 2 aromatic carbocycles. The molecule has 3 heterocycles. The van der Waals surface area contributed by atoms with E-state index in [4.69, 9.17) is 4.98 Å². The van der Waals surface area contributed by atoms with E-state index in [0.717, 1.165) is 59.6 Å². The molecule has 1 aliphatic heterocycles. The molecule has 2 aromatic heterocycles. The first-order chi connectivity index (χ1) is 18.7. The fourth-order valence-corrected chi connectivity index (χ4v) is 5.27. The smallest absolute Gasteiger partial charge is 0.253 e. The first-order valence-corrected chi connectivity index (χ1v) is 13.5. The molecule has 0 bridgehead atoms. The van der Waals surface area contributed by atoms with Gasteiger partial charge < -0.3 is 15.2 Å². The maximum absolute atomic E-state index is 12.3. The van der Waals surface area contributed by atoms with Gasteiger partial charge in [-0.1, -0.05) is 12.1 Å². The Morgan fingerprint density at radius 2 is 1.90 bits per heavy atom. The van der Waals surface area contributed by atoms with Crippen LogP contribution in [0.2, 0.25) is 0 Å². The summed E-state index contributed by atoms with van der Waals surface area (Å²) in [4.78, 5) is 41.3. The molecule has 0 spiro atoms. The minimum absolute atomic E-state index is 0.0253. The van der Waals surface area contributed by atoms with E-state index >= 15 is 0 Å². The molecule has 0 saturated heterocycles. The van der Waals surface area contributed by atoms with Gasteiger partial charge >= 0.3 is 0 Å². The standard InChI is InChI=1S/C31H36N6O2/c1-19(2)34-28(38)11-13-37-12-10-25-20(3)14-23(15-24(25)18-37)27-17-33-30-29(35-27)26(16-32-30)21-6-8-22(9-7-21)31(39)36(4)5/h6-9,14-17,19H,10-13,18H2,1-5H3,(H,32,33)(H,34,38). The number of aromatic amines is 1. The van der Waals surface area contributed by atoms with E-state index in [2.05, 4.69) is 39.2 Å². The summed E-state index contributed by atoms with van der Waals surface area (Å²) in [6.45, 7) is 8.67. The molecule has 0 unspecified atom stereocenters. The first kappa shape index (κ1) is 26.6. The number of benzene rings is 2. The van der Waals surface area contributed by atoms with E-state index in [0.29, 0.717) is 12.0 Å². The summed E-state index contributed by atoms with van der Waals surface area (Å²) in [6.07, 6.45) is 5.23. The number of carbonyl (C=O) groups excluding carboxylic acids is 2. The molecule has 2 N–H and O–H groups in total. The molecule has 202 valence electrons. The second-order valence-electron chi connectivity index (χ2n) is 10.9. The second kappa shape index (κ2) is 11.0. The van der Waals surface area contributed by atoms with Crippen molar-refractivity contribution in [2.45, 2.75) is 46.2 Å². The van der Waals surface area contributed by atoms with Crippen LogP contribution < -0.4 is 5.32 Å². The monoisotopic (exact) mass is 524 g/mol. The Morgan fingerprint density at radius 1 is 1.13 bits per heavy atom. The summed E-state index contributed by atoms with van der Waals surface area (Å²) in [6, 6.07) is 12.2. The van der Waals surface area contributed by atoms with Crippen molar-refractivity contribution in [2.75, 3.05) is 27.2 Å². The average Bonchev–Trinajstić information content (AvgIpc) is 3.34. The van der Waals surface area contributed by atoms with Crippen molar-refractivity contribution in [3.8, 4) is 22.4 Å². The SMILES string of the molecule is Cc1cc(-c2cnc3[nH]cc(-c4ccc(C(=O)N(C)C)cc4)c3n2)cc2c1CCN(CCC(=O)NC(C)C)C2. The van der Waals surface area contributed by atoms with Crippen LogP contribution in [-0.4, -0.2) is 69.8 Å². The Labute approximate surface area is 229 Å². The lowest BCUT2D eigenvalue weighted by Crippen LogP contribution is -2.36. The van der Waals surface area contributed by atoms with E-state index in [9.17, 15) is 9.59 Å². The van der Waals surface area contributed by atoms with Crippen LogP contribution in [0, 0.1) is 6.92 Å². The van der Waals surface area contributed by atoms with E-state index in [1.165, 1.54) is 16.7 Å². The van der Waals surface area contributed by atoms with Crippen molar-refractivity contribution in [3.63, 3.8) is 0 Å². The number of amides is 2. The number of hydrogen-bond acceptors (Lipinski definition) is 5. The highest BCUT2D eigenvalue weighted by atomic mass is 16.2. The lowest BCUT2D eigenvalue weighted by Gasteiger charge is -2.30. The number of hydrogen-bond donors (Lipinski definition) is 2. The predicted octanol–water partition coefficient (Wildman–Crippen LogP) is 4.57. The van der Waals surface area contributed by atoms with Crippen molar-refractivity contribution < 1.29 is 9.59 Å². The van der Waals surface area contributed by atoms with Crippen LogP contribution in [0.4, 0.5) is 0 Å². The van der Waals surface area contributed by atoms with Gasteiger partial charge in [0, 0.05) is 69.1 Å². The Bertz CT molecular complexity index is 1520. The summed E-state index contributed by atoms with van der Waals surface area (Å²) in [5.74, 6) is 0.0771. The van der Waals surface area contributed by atoms with Crippen molar-refractivity contribution in [2.24, 2.45) is 0 Å². The van der Waals surface area contributed by atoms with Gasteiger partial charge in [0.1, 0.15) is 5.52 Å². The Hall–Kier alpha value is -4.04. The van der Waals surface area contributed by atoms with Gasteiger partial charge in [-0.05, 0) is 73.7 Å². The number of aryl methyl sites for hydroxylation is 1. The van der Waals surface area contributed by atoms with E-state index < -0.39 is 0 Å². The zero-order chi connectivity index (χ0) is 27.7. The lowest BCUT2D eigenvalue weighted by molar-refractivity contribution is -0.121. The second-order valence-corrected chi connectivity index (χ2v) is 10.9. The van der Waals surface area contributed by atoms with Crippen LogP contribution >= 0.6 is 0 Å². The minimum Gasteiger partial charge on any atom is -0.354 e. The highest BCUT2D eigenvalue weighted by Gasteiger charge is 2.21. The number of aromatic nitrogens is 3. The van der Waals surface area contributed by atoms with Crippen LogP contribution in [0.25, 0.3) is 33.5 Å². The molecular weight excluding hydrogens is 488 g/mol. The highest BCUT2D eigenvalue weighted by molar-refractivity contribution is 5.96. The zero-order valence-corrected chi connectivity index (χ0v) is 23.3. The molecule has 1 aliphatic rings. The normalized spacial score (nSPS) is 13.5. The summed E-state index contributed by atoms with van der Waals surface area (Å²) in [5, 5.41) is 2.98. The topological polar surface area (TPSA) is 94.2 Å². The number of fused-ring (bicyclic) bond motifs is 2. The van der Waals surface area contributed by atoms with Crippen molar-refractivity contribution in [1.29, 1.82) is 0 Å². The van der Waals surface area contributed by atoms with Crippen molar-refractivity contribution in [1.82, 2.24) is 30.1 Å². The maximum Gasteiger partial charge on any atom is 0.253 e. The molecule has 2 amide bonds. The fourth-order valence-electron chi connectivity index (χ4n) is 5.27. The third-order valence-electron chi connectivity index (χ3n) is 7.27. The van der Waals surface area contributed by atoms with E-state index in [-0.39, 0.29) is 17.9 Å². The zero-order valence-electron chi connectivity index (χ0n) is 23.3. The largest absolute Gasteiger partial charge is 0.354 e. The quantitative estimate of drug-likeness (QED) is 0.369. The maximum atomic E-state index is 12.3.